The molecule has 0 atom stereocenters. The zero-order chi connectivity index (χ0) is 12.2. The van der Waals surface area contributed by atoms with Gasteiger partial charge in [0.25, 0.3) is 0 Å². The van der Waals surface area contributed by atoms with E-state index in [1.54, 1.807) is 6.92 Å². The van der Waals surface area contributed by atoms with Crippen molar-refractivity contribution in [2.75, 3.05) is 19.7 Å². The van der Waals surface area contributed by atoms with Gasteiger partial charge in [-0.3, -0.25) is 9.59 Å². The van der Waals surface area contributed by atoms with Gasteiger partial charge < -0.3 is 9.64 Å². The first-order chi connectivity index (χ1) is 7.44. The number of esters is 1. The second-order valence-corrected chi connectivity index (χ2v) is 5.03. The number of ether oxygens (including phenoxy) is 1. The van der Waals surface area contributed by atoms with Crippen LogP contribution < -0.4 is 0 Å². The van der Waals surface area contributed by atoms with Gasteiger partial charge in [-0.2, -0.15) is 0 Å². The van der Waals surface area contributed by atoms with Crippen molar-refractivity contribution in [1.82, 2.24) is 4.90 Å². The molecule has 0 unspecified atom stereocenters. The number of amides is 1. The monoisotopic (exact) mass is 227 g/mol. The van der Waals surface area contributed by atoms with E-state index in [2.05, 4.69) is 13.8 Å². The van der Waals surface area contributed by atoms with Gasteiger partial charge in [-0.1, -0.05) is 13.8 Å². The molecule has 0 N–H and O–H groups in total. The van der Waals surface area contributed by atoms with Crippen LogP contribution in [-0.4, -0.2) is 36.5 Å². The molecule has 92 valence electrons. The molecule has 0 radical (unpaired) electrons. The van der Waals surface area contributed by atoms with Crippen LogP contribution in [0.4, 0.5) is 0 Å². The highest BCUT2D eigenvalue weighted by Crippen LogP contribution is 2.29. The maximum absolute atomic E-state index is 11.8. The third-order valence-corrected chi connectivity index (χ3v) is 2.88. The fourth-order valence-corrected chi connectivity index (χ4v) is 1.93. The molecule has 0 aromatic heterocycles. The summed E-state index contributed by atoms with van der Waals surface area (Å²) in [7, 11) is 0. The lowest BCUT2D eigenvalue weighted by atomic mass is 9.93. The summed E-state index contributed by atoms with van der Waals surface area (Å²) in [6, 6.07) is 0. The molecule has 0 aromatic carbocycles. The Morgan fingerprint density at radius 3 is 2.50 bits per heavy atom. The summed E-state index contributed by atoms with van der Waals surface area (Å²) < 4.78 is 4.79. The van der Waals surface area contributed by atoms with Crippen LogP contribution in [0.2, 0.25) is 0 Å². The third kappa shape index (κ3) is 3.83. The zero-order valence-electron chi connectivity index (χ0n) is 10.4. The molecular formula is C12H21NO3. The Bertz CT molecular complexity index is 273. The van der Waals surface area contributed by atoms with Crippen LogP contribution in [0.25, 0.3) is 0 Å². The highest BCUT2D eigenvalue weighted by molar-refractivity contribution is 5.81. The lowest BCUT2D eigenvalue weighted by Crippen LogP contribution is -2.30. The van der Waals surface area contributed by atoms with Gasteiger partial charge in [-0.15, -0.1) is 0 Å². The number of nitrogens with zero attached hydrogens (tertiary/aromatic N) is 1. The predicted octanol–water partition coefficient (Wildman–Crippen LogP) is 1.59. The van der Waals surface area contributed by atoms with Crippen molar-refractivity contribution >= 4 is 11.9 Å². The fraction of sp³-hybridized carbons (Fsp3) is 0.833. The van der Waals surface area contributed by atoms with Crippen LogP contribution in [0.1, 0.15) is 40.0 Å². The maximum atomic E-state index is 11.8. The van der Waals surface area contributed by atoms with Gasteiger partial charge in [0.1, 0.15) is 0 Å². The first kappa shape index (κ1) is 13.0. The van der Waals surface area contributed by atoms with Gasteiger partial charge in [0.2, 0.25) is 5.91 Å². The predicted molar refractivity (Wildman–Crippen MR) is 60.8 cm³/mol. The number of carbonyl (C=O) groups excluding carboxylic acids is 2. The quantitative estimate of drug-likeness (QED) is 0.685. The zero-order valence-corrected chi connectivity index (χ0v) is 10.4. The van der Waals surface area contributed by atoms with Gasteiger partial charge in [-0.25, -0.2) is 0 Å². The van der Waals surface area contributed by atoms with Crippen LogP contribution in [0.5, 0.6) is 0 Å². The van der Waals surface area contributed by atoms with E-state index in [-0.39, 0.29) is 30.1 Å². The Balaban J connectivity index is 2.29. The van der Waals surface area contributed by atoms with Gasteiger partial charge in [0, 0.05) is 19.5 Å². The average molecular weight is 227 g/mol. The number of hydrogen-bond donors (Lipinski definition) is 0. The molecule has 4 nitrogen and oxygen atoms in total. The van der Waals surface area contributed by atoms with E-state index in [1.165, 1.54) is 0 Å². The summed E-state index contributed by atoms with van der Waals surface area (Å²) in [6.07, 6.45) is 1.51. The molecule has 0 bridgehead atoms. The van der Waals surface area contributed by atoms with E-state index in [4.69, 9.17) is 4.74 Å². The first-order valence-electron chi connectivity index (χ1n) is 5.88. The van der Waals surface area contributed by atoms with Gasteiger partial charge in [0.05, 0.1) is 13.0 Å². The topological polar surface area (TPSA) is 46.6 Å². The molecule has 1 amide bonds. The third-order valence-electron chi connectivity index (χ3n) is 2.88. The molecule has 1 aliphatic heterocycles. The second kappa shape index (κ2) is 5.32. The van der Waals surface area contributed by atoms with Crippen molar-refractivity contribution in [3.8, 4) is 0 Å². The lowest BCUT2D eigenvalue weighted by Gasteiger charge is -2.19. The molecule has 1 fully saturated rings. The standard InChI is InChI=1S/C12H21NO3/c1-4-16-11(15)6-5-10(14)13-8-7-12(2,3)9-13/h4-9H2,1-3H3. The Kier molecular flexibility index (Phi) is 4.33. The van der Waals surface area contributed by atoms with Gasteiger partial charge >= 0.3 is 5.97 Å². The number of hydrogen-bond acceptors (Lipinski definition) is 3. The van der Waals surface area contributed by atoms with E-state index in [9.17, 15) is 9.59 Å². The Hall–Kier alpha value is -1.06. The lowest BCUT2D eigenvalue weighted by molar-refractivity contribution is -0.145. The van der Waals surface area contributed by atoms with Crippen molar-refractivity contribution in [1.29, 1.82) is 0 Å². The van der Waals surface area contributed by atoms with Gasteiger partial charge in [-0.05, 0) is 18.8 Å². The van der Waals surface area contributed by atoms with Crippen molar-refractivity contribution in [3.63, 3.8) is 0 Å². The second-order valence-electron chi connectivity index (χ2n) is 5.03. The number of likely N-dealkylation sites (tertiary alicyclic amines) is 1. The first-order valence-corrected chi connectivity index (χ1v) is 5.88. The molecular weight excluding hydrogens is 206 g/mol. The molecule has 1 rings (SSSR count). The average Bonchev–Trinajstić information content (AvgIpc) is 2.56. The van der Waals surface area contributed by atoms with E-state index < -0.39 is 0 Å². The van der Waals surface area contributed by atoms with Gasteiger partial charge in [0.15, 0.2) is 0 Å². The molecule has 1 aliphatic rings. The van der Waals surface area contributed by atoms with E-state index in [1.807, 2.05) is 4.90 Å². The number of rotatable bonds is 4. The van der Waals surface area contributed by atoms with E-state index in [0.29, 0.717) is 6.61 Å². The fourth-order valence-electron chi connectivity index (χ4n) is 1.93. The SMILES string of the molecule is CCOC(=O)CCC(=O)N1CCC(C)(C)C1. The van der Waals surface area contributed by atoms with Crippen molar-refractivity contribution < 1.29 is 14.3 Å². The summed E-state index contributed by atoms with van der Waals surface area (Å²) in [5.74, 6) is -0.215. The summed E-state index contributed by atoms with van der Waals surface area (Å²) in [5.41, 5.74) is 0.222. The highest BCUT2D eigenvalue weighted by atomic mass is 16.5. The Morgan fingerprint density at radius 1 is 1.31 bits per heavy atom. The van der Waals surface area contributed by atoms with Crippen LogP contribution in [0.3, 0.4) is 0 Å². The summed E-state index contributed by atoms with van der Waals surface area (Å²) in [6.45, 7) is 8.08. The van der Waals surface area contributed by atoms with Crippen LogP contribution >= 0.6 is 0 Å². The summed E-state index contributed by atoms with van der Waals surface area (Å²) >= 11 is 0. The minimum atomic E-state index is -0.283. The highest BCUT2D eigenvalue weighted by Gasteiger charge is 2.31. The van der Waals surface area contributed by atoms with Crippen molar-refractivity contribution in [2.45, 2.75) is 40.0 Å². The minimum absolute atomic E-state index is 0.0682. The van der Waals surface area contributed by atoms with Crippen LogP contribution in [0.15, 0.2) is 0 Å². The Morgan fingerprint density at radius 2 is 2.00 bits per heavy atom. The van der Waals surface area contributed by atoms with Crippen molar-refractivity contribution in [2.24, 2.45) is 5.41 Å². The van der Waals surface area contributed by atoms with E-state index >= 15 is 0 Å². The smallest absolute Gasteiger partial charge is 0.306 e. The minimum Gasteiger partial charge on any atom is -0.466 e. The largest absolute Gasteiger partial charge is 0.466 e. The van der Waals surface area contributed by atoms with Crippen molar-refractivity contribution in [3.05, 3.63) is 0 Å². The molecule has 16 heavy (non-hydrogen) atoms. The summed E-state index contributed by atoms with van der Waals surface area (Å²) in [4.78, 5) is 24.7. The molecule has 0 aliphatic carbocycles. The molecule has 0 aromatic rings. The Labute approximate surface area is 96.9 Å². The molecule has 4 heteroatoms. The van der Waals surface area contributed by atoms with Crippen LogP contribution in [0, 0.1) is 5.41 Å². The molecule has 0 spiro atoms. The molecule has 0 saturated carbocycles. The molecule has 1 saturated heterocycles. The maximum Gasteiger partial charge on any atom is 0.306 e. The summed E-state index contributed by atoms with van der Waals surface area (Å²) in [5, 5.41) is 0. The van der Waals surface area contributed by atoms with E-state index in [0.717, 1.165) is 19.5 Å². The molecule has 1 heterocycles. The number of carbonyl (C=O) groups is 2. The van der Waals surface area contributed by atoms with Crippen LogP contribution in [-0.2, 0) is 14.3 Å². The normalized spacial score (nSPS) is 18.6.